The van der Waals surface area contributed by atoms with Gasteiger partial charge in [0.25, 0.3) is 11.8 Å². The summed E-state index contributed by atoms with van der Waals surface area (Å²) >= 11 is 9.33. The normalized spacial score (nSPS) is 16.1. The highest BCUT2D eigenvalue weighted by Crippen LogP contribution is 2.32. The maximum atomic E-state index is 14.0. The number of benzene rings is 3. The van der Waals surface area contributed by atoms with Crippen LogP contribution in [0.3, 0.4) is 0 Å². The van der Waals surface area contributed by atoms with Crippen molar-refractivity contribution in [2.45, 2.75) is 48.3 Å². The molecule has 262 valence electrons. The van der Waals surface area contributed by atoms with Gasteiger partial charge in [-0.15, -0.1) is 0 Å². The molecule has 0 aliphatic carbocycles. The number of nitrogens with one attached hydrogen (secondary N) is 2. The van der Waals surface area contributed by atoms with Gasteiger partial charge in [0, 0.05) is 53.7 Å². The molecule has 2 saturated heterocycles. The van der Waals surface area contributed by atoms with Crippen molar-refractivity contribution < 1.29 is 26.4 Å². The third kappa shape index (κ3) is 8.27. The van der Waals surface area contributed by atoms with Gasteiger partial charge < -0.3 is 10.6 Å². The second-order valence-electron chi connectivity index (χ2n) is 12.2. The number of hydrogen-bond acceptors (Lipinski definition) is 7. The molecule has 3 heterocycles. The van der Waals surface area contributed by atoms with Crippen molar-refractivity contribution in [3.8, 4) is 11.1 Å². The lowest BCUT2D eigenvalue weighted by Crippen LogP contribution is -2.35. The number of sulfonamides is 2. The number of carbonyl (C=O) groups excluding carboxylic acids is 2. The van der Waals surface area contributed by atoms with Crippen molar-refractivity contribution >= 4 is 70.9 Å². The van der Waals surface area contributed by atoms with E-state index < -0.39 is 31.9 Å². The molecule has 0 bridgehead atoms. The van der Waals surface area contributed by atoms with Crippen LogP contribution in [0.4, 0.5) is 11.5 Å². The third-order valence-corrected chi connectivity index (χ3v) is 13.2. The summed E-state index contributed by atoms with van der Waals surface area (Å²) in [6.45, 7) is 1.37. The minimum absolute atomic E-state index is 0.0000100. The summed E-state index contributed by atoms with van der Waals surface area (Å²) in [5.41, 5.74) is 1.03. The lowest BCUT2D eigenvalue weighted by molar-refractivity contribution is 0.101. The molecule has 0 spiro atoms. The van der Waals surface area contributed by atoms with Gasteiger partial charge in [0.2, 0.25) is 20.0 Å². The smallest absolute Gasteiger partial charge is 0.256 e. The van der Waals surface area contributed by atoms with E-state index in [1.807, 2.05) is 0 Å². The number of amides is 2. The maximum absolute atomic E-state index is 14.0. The van der Waals surface area contributed by atoms with E-state index in [2.05, 4.69) is 31.5 Å². The monoisotopic (exact) mass is 799 g/mol. The molecule has 2 amide bonds. The van der Waals surface area contributed by atoms with Crippen LogP contribution in [0.15, 0.2) is 93.3 Å². The van der Waals surface area contributed by atoms with E-state index in [0.29, 0.717) is 62.6 Å². The van der Waals surface area contributed by atoms with Crippen LogP contribution in [0.2, 0.25) is 5.02 Å². The first-order valence-corrected chi connectivity index (χ1v) is 20.3. The van der Waals surface area contributed by atoms with Gasteiger partial charge in [-0.25, -0.2) is 21.8 Å². The van der Waals surface area contributed by atoms with Crippen molar-refractivity contribution in [1.29, 1.82) is 0 Å². The van der Waals surface area contributed by atoms with Crippen molar-refractivity contribution in [1.82, 2.24) is 13.6 Å². The van der Waals surface area contributed by atoms with Crippen molar-refractivity contribution in [2.75, 3.05) is 36.8 Å². The summed E-state index contributed by atoms with van der Waals surface area (Å²) in [5.74, 6) is -0.998. The maximum Gasteiger partial charge on any atom is 0.256 e. The van der Waals surface area contributed by atoms with Gasteiger partial charge in [0.05, 0.1) is 14.8 Å². The van der Waals surface area contributed by atoms with E-state index in [-0.39, 0.29) is 37.9 Å². The molecule has 0 saturated carbocycles. The number of piperidine rings is 2. The zero-order valence-corrected chi connectivity index (χ0v) is 30.9. The zero-order valence-electron chi connectivity index (χ0n) is 26.9. The number of anilines is 2. The molecule has 2 fully saturated rings. The molecule has 11 nitrogen and oxygen atoms in total. The Morgan fingerprint density at radius 3 is 1.58 bits per heavy atom. The summed E-state index contributed by atoms with van der Waals surface area (Å²) < 4.78 is 59.5. The van der Waals surface area contributed by atoms with Crippen molar-refractivity contribution in [3.63, 3.8) is 0 Å². The minimum atomic E-state index is -4.04. The van der Waals surface area contributed by atoms with E-state index in [1.165, 1.54) is 57.3 Å². The highest BCUT2D eigenvalue weighted by atomic mass is 79.9. The largest absolute Gasteiger partial charge is 0.322 e. The quantitative estimate of drug-likeness (QED) is 0.185. The third-order valence-electron chi connectivity index (χ3n) is 8.65. The summed E-state index contributed by atoms with van der Waals surface area (Å²) in [4.78, 5) is 31.1. The Balaban J connectivity index is 1.48. The standard InChI is InChI=1S/C35H35BrClN5O6S2/c36-28-7-10-30(11-8-28)39-34(43)26-17-24(19-31(21-26)49(45,46)41-13-3-1-4-14-41)25-18-27(35(44)40-33-12-9-29(37)23-38-33)22-32(20-25)50(47,48)42-15-5-2-6-16-42/h7-12,17-23H,1-6,13-16H2,(H,39,43)(H,38,40,44). The molecule has 4 aromatic rings. The second-order valence-corrected chi connectivity index (χ2v) is 17.4. The number of aromatic nitrogens is 1. The fraction of sp³-hybridized carbons (Fsp3) is 0.286. The minimum Gasteiger partial charge on any atom is -0.322 e. The number of rotatable bonds is 9. The molecule has 50 heavy (non-hydrogen) atoms. The van der Waals surface area contributed by atoms with Gasteiger partial charge in [0.1, 0.15) is 5.82 Å². The van der Waals surface area contributed by atoms with Gasteiger partial charge in [0.15, 0.2) is 0 Å². The summed E-state index contributed by atoms with van der Waals surface area (Å²) in [6, 6.07) is 18.4. The van der Waals surface area contributed by atoms with E-state index in [0.717, 1.165) is 17.3 Å². The van der Waals surface area contributed by atoms with Crippen LogP contribution in [0.5, 0.6) is 0 Å². The van der Waals surface area contributed by atoms with E-state index in [9.17, 15) is 26.4 Å². The first kappa shape index (κ1) is 36.1. The summed E-state index contributed by atoms with van der Waals surface area (Å²) in [7, 11) is -8.07. The van der Waals surface area contributed by atoms with Crippen LogP contribution < -0.4 is 10.6 Å². The highest BCUT2D eigenvalue weighted by Gasteiger charge is 2.30. The molecule has 0 unspecified atom stereocenters. The van der Waals surface area contributed by atoms with Crippen LogP contribution >= 0.6 is 27.5 Å². The molecule has 2 aliphatic rings. The first-order valence-electron chi connectivity index (χ1n) is 16.2. The molecular formula is C35H35BrClN5O6S2. The van der Waals surface area contributed by atoms with Crippen molar-refractivity contribution in [3.05, 3.63) is 99.6 Å². The van der Waals surface area contributed by atoms with Crippen LogP contribution in [-0.4, -0.2) is 68.4 Å². The Hall–Kier alpha value is -3.66. The first-order chi connectivity index (χ1) is 23.9. The number of carbonyl (C=O) groups is 2. The lowest BCUT2D eigenvalue weighted by atomic mass is 10.00. The van der Waals surface area contributed by atoms with Gasteiger partial charge in [-0.3, -0.25) is 9.59 Å². The molecule has 1 aromatic heterocycles. The number of pyridine rings is 1. The SMILES string of the molecule is O=C(Nc1ccc(Br)cc1)c1cc(-c2cc(C(=O)Nc3ccc(Cl)cn3)cc(S(=O)(=O)N3CCCCC3)c2)cc(S(=O)(=O)N2CCCCC2)c1. The predicted molar refractivity (Wildman–Crippen MR) is 196 cm³/mol. The van der Waals surface area contributed by atoms with Gasteiger partial charge in [-0.05, 0) is 110 Å². The summed E-state index contributed by atoms with van der Waals surface area (Å²) in [6.07, 6.45) is 6.05. The van der Waals surface area contributed by atoms with Crippen LogP contribution in [-0.2, 0) is 20.0 Å². The molecule has 3 aromatic carbocycles. The molecule has 15 heteroatoms. The molecular weight excluding hydrogens is 766 g/mol. The van der Waals surface area contributed by atoms with E-state index >= 15 is 0 Å². The highest BCUT2D eigenvalue weighted by molar-refractivity contribution is 9.10. The molecule has 6 rings (SSSR count). The van der Waals surface area contributed by atoms with Gasteiger partial charge in [-0.1, -0.05) is 40.4 Å². The average Bonchev–Trinajstić information content (AvgIpc) is 3.13. The Morgan fingerprint density at radius 1 is 0.640 bits per heavy atom. The number of halogens is 2. The predicted octanol–water partition coefficient (Wildman–Crippen LogP) is 7.02. The fourth-order valence-electron chi connectivity index (χ4n) is 5.97. The van der Waals surface area contributed by atoms with E-state index in [4.69, 9.17) is 11.6 Å². The Labute approximate surface area is 305 Å². The molecule has 2 aliphatic heterocycles. The Bertz CT molecular complexity index is 1970. The lowest BCUT2D eigenvalue weighted by Gasteiger charge is -2.27. The second kappa shape index (κ2) is 15.3. The fourth-order valence-corrected chi connectivity index (χ4v) is 9.53. The topological polar surface area (TPSA) is 146 Å². The van der Waals surface area contributed by atoms with Crippen LogP contribution in [0.25, 0.3) is 11.1 Å². The van der Waals surface area contributed by atoms with Gasteiger partial charge >= 0.3 is 0 Å². The molecule has 0 radical (unpaired) electrons. The molecule has 0 atom stereocenters. The van der Waals surface area contributed by atoms with Crippen LogP contribution in [0, 0.1) is 0 Å². The zero-order chi connectivity index (χ0) is 35.5. The Morgan fingerprint density at radius 2 is 1.12 bits per heavy atom. The van der Waals surface area contributed by atoms with Crippen molar-refractivity contribution in [2.24, 2.45) is 0 Å². The average molecular weight is 801 g/mol. The van der Waals surface area contributed by atoms with Crippen LogP contribution in [0.1, 0.15) is 59.2 Å². The van der Waals surface area contributed by atoms with E-state index in [1.54, 1.807) is 30.3 Å². The number of nitrogens with zero attached hydrogens (tertiary/aromatic N) is 3. The van der Waals surface area contributed by atoms with Gasteiger partial charge in [-0.2, -0.15) is 8.61 Å². The Kier molecular flexibility index (Phi) is 11.1. The molecule has 2 N–H and O–H groups in total. The summed E-state index contributed by atoms with van der Waals surface area (Å²) in [5, 5.41) is 5.86. The number of hydrogen-bond donors (Lipinski definition) is 2.